The first-order valence-electron chi connectivity index (χ1n) is 4.35. The van der Waals surface area contributed by atoms with Crippen molar-refractivity contribution in [2.45, 2.75) is 9.84 Å². The molecule has 0 amide bonds. The molecule has 1 heteroatoms. The highest BCUT2D eigenvalue weighted by Gasteiger charge is 2.27. The van der Waals surface area contributed by atoms with E-state index in [-0.39, 0.29) is 3.42 Å². The Morgan fingerprint density at radius 3 is 2.92 bits per heavy atom. The molecule has 66 valence electrons. The van der Waals surface area contributed by atoms with E-state index < -0.39 is 0 Å². The van der Waals surface area contributed by atoms with Gasteiger partial charge in [-0.05, 0) is 17.5 Å². The van der Waals surface area contributed by atoms with Gasteiger partial charge in [0, 0.05) is 0 Å². The Morgan fingerprint density at radius 2 is 2.15 bits per heavy atom. The van der Waals surface area contributed by atoms with Gasteiger partial charge in [-0.2, -0.15) is 0 Å². The number of rotatable bonds is 1. The number of halogens is 1. The van der Waals surface area contributed by atoms with Crippen LogP contribution in [-0.2, 0) is 3.42 Å². The molecule has 0 fully saturated rings. The normalized spacial score (nSPS) is 25.3. The summed E-state index contributed by atoms with van der Waals surface area (Å²) in [6, 6.07) is 8.51. The first kappa shape index (κ1) is 9.00. The van der Waals surface area contributed by atoms with Crippen LogP contribution in [0.4, 0.5) is 0 Å². The maximum atomic E-state index is 3.91. The van der Waals surface area contributed by atoms with Crippen molar-refractivity contribution in [2.75, 3.05) is 0 Å². The lowest BCUT2D eigenvalue weighted by atomic mass is 9.87. The highest BCUT2D eigenvalue weighted by Crippen LogP contribution is 2.42. The fraction of sp³-hybridized carbons (Fsp3) is 0.167. The second-order valence-corrected chi connectivity index (χ2v) is 5.19. The summed E-state index contributed by atoms with van der Waals surface area (Å²) in [7, 11) is 0. The summed E-state index contributed by atoms with van der Waals surface area (Å²) in [5.41, 5.74) is 2.70. The molecule has 0 aromatic heterocycles. The van der Waals surface area contributed by atoms with E-state index in [9.17, 15) is 0 Å². The summed E-state index contributed by atoms with van der Waals surface area (Å²) in [6.45, 7) is 3.91. The molecular weight excluding hydrogens is 271 g/mol. The van der Waals surface area contributed by atoms with Gasteiger partial charge in [0.25, 0.3) is 0 Å². The molecule has 0 aliphatic heterocycles. The maximum absolute atomic E-state index is 3.91. The number of hydrogen-bond acceptors (Lipinski definition) is 0. The van der Waals surface area contributed by atoms with Crippen LogP contribution in [0.1, 0.15) is 17.5 Å². The topological polar surface area (TPSA) is 0 Å². The molecule has 1 atom stereocenters. The monoisotopic (exact) mass is 282 g/mol. The Labute approximate surface area is 92.5 Å². The zero-order valence-corrected chi connectivity index (χ0v) is 9.49. The summed E-state index contributed by atoms with van der Waals surface area (Å²) in [6.07, 6.45) is 7.50. The first-order chi connectivity index (χ1) is 6.26. The third kappa shape index (κ3) is 1.46. The van der Waals surface area contributed by atoms with E-state index in [2.05, 4.69) is 65.6 Å². The Kier molecular flexibility index (Phi) is 2.28. The zero-order chi connectivity index (χ0) is 9.31. The molecule has 1 aromatic carbocycles. The molecule has 1 aliphatic carbocycles. The fourth-order valence-corrected chi connectivity index (χ4v) is 2.43. The van der Waals surface area contributed by atoms with Crippen molar-refractivity contribution >= 4 is 28.7 Å². The molecule has 0 N–H and O–H groups in total. The predicted octanol–water partition coefficient (Wildman–Crippen LogP) is 3.92. The molecule has 1 aromatic rings. The van der Waals surface area contributed by atoms with Crippen LogP contribution in [0, 0.1) is 0 Å². The third-order valence-electron chi connectivity index (χ3n) is 2.44. The van der Waals surface area contributed by atoms with Crippen LogP contribution in [0.2, 0.25) is 0 Å². The van der Waals surface area contributed by atoms with Gasteiger partial charge in [-0.1, -0.05) is 65.1 Å². The summed E-state index contributed by atoms with van der Waals surface area (Å²) >= 11 is 2.48. The smallest absolute Gasteiger partial charge is 0.0687 e. The van der Waals surface area contributed by atoms with Crippen molar-refractivity contribution in [3.63, 3.8) is 0 Å². The average molecular weight is 282 g/mol. The lowest BCUT2D eigenvalue weighted by molar-refractivity contribution is 0.819. The average Bonchev–Trinajstić information content (AvgIpc) is 2.19. The maximum Gasteiger partial charge on any atom is 0.0687 e. The number of alkyl halides is 1. The minimum Gasteiger partial charge on any atom is -0.101 e. The van der Waals surface area contributed by atoms with Crippen molar-refractivity contribution in [1.82, 2.24) is 0 Å². The molecule has 0 heterocycles. The molecule has 0 radical (unpaired) electrons. The minimum atomic E-state index is 0.100. The van der Waals surface area contributed by atoms with Crippen LogP contribution in [0.3, 0.4) is 0 Å². The Hall–Kier alpha value is -0.570. The molecule has 1 aliphatic rings. The number of fused-ring (bicyclic) bond motifs is 1. The van der Waals surface area contributed by atoms with E-state index in [1.165, 1.54) is 11.1 Å². The van der Waals surface area contributed by atoms with Crippen LogP contribution >= 0.6 is 22.6 Å². The predicted molar refractivity (Wildman–Crippen MR) is 66.0 cm³/mol. The van der Waals surface area contributed by atoms with Crippen molar-refractivity contribution in [3.8, 4) is 0 Å². The summed E-state index contributed by atoms with van der Waals surface area (Å²) in [5, 5.41) is 0. The molecule has 0 saturated carbocycles. The lowest BCUT2D eigenvalue weighted by Gasteiger charge is -2.27. The van der Waals surface area contributed by atoms with E-state index in [0.29, 0.717) is 0 Å². The zero-order valence-electron chi connectivity index (χ0n) is 7.33. The van der Waals surface area contributed by atoms with Gasteiger partial charge in [0.05, 0.1) is 3.42 Å². The molecule has 13 heavy (non-hydrogen) atoms. The van der Waals surface area contributed by atoms with E-state index in [1.54, 1.807) is 0 Å². The SMILES string of the molecule is C=CC1(I)CC=Cc2ccccc21. The highest BCUT2D eigenvalue weighted by molar-refractivity contribution is 14.1. The van der Waals surface area contributed by atoms with Gasteiger partial charge in [0.1, 0.15) is 0 Å². The van der Waals surface area contributed by atoms with E-state index in [1.807, 2.05) is 6.08 Å². The third-order valence-corrected chi connectivity index (χ3v) is 3.91. The highest BCUT2D eigenvalue weighted by atomic mass is 127. The van der Waals surface area contributed by atoms with Gasteiger partial charge < -0.3 is 0 Å². The van der Waals surface area contributed by atoms with E-state index >= 15 is 0 Å². The molecule has 1 unspecified atom stereocenters. The van der Waals surface area contributed by atoms with Crippen LogP contribution in [-0.4, -0.2) is 0 Å². The summed E-state index contributed by atoms with van der Waals surface area (Å²) in [5.74, 6) is 0. The standard InChI is InChI=1S/C12H11I/c1-2-12(13)9-5-7-10-6-3-4-8-11(10)12/h2-8H,1,9H2. The van der Waals surface area contributed by atoms with Gasteiger partial charge in [0.2, 0.25) is 0 Å². The largest absolute Gasteiger partial charge is 0.101 e. The van der Waals surface area contributed by atoms with E-state index in [0.717, 1.165) is 6.42 Å². The Balaban J connectivity index is 2.61. The van der Waals surface area contributed by atoms with Crippen LogP contribution < -0.4 is 0 Å². The van der Waals surface area contributed by atoms with Crippen molar-refractivity contribution in [1.29, 1.82) is 0 Å². The molecule has 0 nitrogen and oxygen atoms in total. The van der Waals surface area contributed by atoms with Crippen molar-refractivity contribution < 1.29 is 0 Å². The second kappa shape index (κ2) is 3.29. The van der Waals surface area contributed by atoms with Crippen LogP contribution in [0.25, 0.3) is 6.08 Å². The van der Waals surface area contributed by atoms with Gasteiger partial charge in [-0.3, -0.25) is 0 Å². The van der Waals surface area contributed by atoms with Gasteiger partial charge in [-0.15, -0.1) is 6.58 Å². The molecule has 0 bridgehead atoms. The fourth-order valence-electron chi connectivity index (χ4n) is 1.68. The molecular formula is C12H11I. The molecule has 2 rings (SSSR count). The number of benzene rings is 1. The molecule has 0 saturated heterocycles. The number of allylic oxidation sites excluding steroid dienone is 2. The molecule has 0 spiro atoms. The second-order valence-electron chi connectivity index (χ2n) is 3.26. The van der Waals surface area contributed by atoms with E-state index in [4.69, 9.17) is 0 Å². The van der Waals surface area contributed by atoms with Gasteiger partial charge in [-0.25, -0.2) is 0 Å². The first-order valence-corrected chi connectivity index (χ1v) is 5.43. The van der Waals surface area contributed by atoms with Crippen LogP contribution in [0.15, 0.2) is 43.0 Å². The van der Waals surface area contributed by atoms with Gasteiger partial charge in [0.15, 0.2) is 0 Å². The van der Waals surface area contributed by atoms with Crippen LogP contribution in [0.5, 0.6) is 0 Å². The minimum absolute atomic E-state index is 0.100. The Bertz CT molecular complexity index is 365. The van der Waals surface area contributed by atoms with Crippen molar-refractivity contribution in [3.05, 3.63) is 54.1 Å². The summed E-state index contributed by atoms with van der Waals surface area (Å²) in [4.78, 5) is 0. The van der Waals surface area contributed by atoms with Gasteiger partial charge >= 0.3 is 0 Å². The Morgan fingerprint density at radius 1 is 1.38 bits per heavy atom. The summed E-state index contributed by atoms with van der Waals surface area (Å²) < 4.78 is 0.100. The number of hydrogen-bond donors (Lipinski definition) is 0. The quantitative estimate of drug-likeness (QED) is 0.416. The lowest BCUT2D eigenvalue weighted by Crippen LogP contribution is -2.17. The van der Waals surface area contributed by atoms with Crippen molar-refractivity contribution in [2.24, 2.45) is 0 Å².